The lowest BCUT2D eigenvalue weighted by molar-refractivity contribution is -0.122. The maximum atomic E-state index is 12.9. The zero-order valence-corrected chi connectivity index (χ0v) is 18.8. The summed E-state index contributed by atoms with van der Waals surface area (Å²) in [5, 5.41) is 3.23. The first kappa shape index (κ1) is 23.0. The van der Waals surface area contributed by atoms with Gasteiger partial charge >= 0.3 is 0 Å². The third-order valence-corrected chi connectivity index (χ3v) is 6.18. The summed E-state index contributed by atoms with van der Waals surface area (Å²) in [5.74, 6) is -0.118. The molecule has 2 aromatic rings. The number of halogens is 1. The number of methoxy groups -OCH3 is 1. The average Bonchev–Trinajstić information content (AvgIpc) is 2.67. The molecular formula is C21H27ClN2O4S. The van der Waals surface area contributed by atoms with E-state index in [-0.39, 0.29) is 11.7 Å². The molecule has 158 valence electrons. The van der Waals surface area contributed by atoms with Gasteiger partial charge in [-0.3, -0.25) is 9.10 Å². The zero-order valence-electron chi connectivity index (χ0n) is 17.3. The molecule has 0 aromatic heterocycles. The number of hydrogen-bond acceptors (Lipinski definition) is 4. The van der Waals surface area contributed by atoms with Crippen molar-refractivity contribution >= 4 is 33.2 Å². The molecule has 0 spiro atoms. The van der Waals surface area contributed by atoms with E-state index in [1.54, 1.807) is 12.1 Å². The van der Waals surface area contributed by atoms with Crippen molar-refractivity contribution < 1.29 is 17.9 Å². The van der Waals surface area contributed by atoms with Crippen molar-refractivity contribution in [2.45, 2.75) is 39.3 Å². The molecule has 0 unspecified atom stereocenters. The SMILES string of the molecule is CCc1ccc([C@@H](C)NC(=O)[C@@H](C)N(c2cc(Cl)ccc2OC)S(C)(=O)=O)cc1. The maximum absolute atomic E-state index is 12.9. The van der Waals surface area contributed by atoms with Gasteiger partial charge in [0.1, 0.15) is 11.8 Å². The van der Waals surface area contributed by atoms with Crippen LogP contribution in [0.4, 0.5) is 5.69 Å². The number of nitrogens with one attached hydrogen (secondary N) is 1. The third-order valence-electron chi connectivity index (χ3n) is 4.71. The molecule has 29 heavy (non-hydrogen) atoms. The van der Waals surface area contributed by atoms with Gasteiger partial charge in [-0.15, -0.1) is 0 Å². The number of benzene rings is 2. The largest absolute Gasteiger partial charge is 0.495 e. The molecule has 1 amide bonds. The van der Waals surface area contributed by atoms with Gasteiger partial charge in [0.2, 0.25) is 15.9 Å². The number of carbonyl (C=O) groups excluding carboxylic acids is 1. The van der Waals surface area contributed by atoms with Gasteiger partial charge in [-0.1, -0.05) is 42.8 Å². The molecule has 0 saturated heterocycles. The highest BCUT2D eigenvalue weighted by Gasteiger charge is 2.32. The zero-order chi connectivity index (χ0) is 21.8. The molecule has 2 rings (SSSR count). The van der Waals surface area contributed by atoms with Crippen molar-refractivity contribution in [3.05, 3.63) is 58.6 Å². The molecule has 0 heterocycles. The number of anilines is 1. The quantitative estimate of drug-likeness (QED) is 0.677. The van der Waals surface area contributed by atoms with Crippen molar-refractivity contribution in [1.29, 1.82) is 0 Å². The molecule has 0 aliphatic heterocycles. The minimum atomic E-state index is -3.79. The van der Waals surface area contributed by atoms with Crippen LogP contribution in [0, 0.1) is 0 Å². The van der Waals surface area contributed by atoms with Crippen molar-refractivity contribution in [3.63, 3.8) is 0 Å². The number of rotatable bonds is 8. The lowest BCUT2D eigenvalue weighted by Gasteiger charge is -2.30. The number of aryl methyl sites for hydroxylation is 1. The van der Waals surface area contributed by atoms with Crippen LogP contribution in [0.15, 0.2) is 42.5 Å². The first-order chi connectivity index (χ1) is 13.6. The Morgan fingerprint density at radius 2 is 1.79 bits per heavy atom. The summed E-state index contributed by atoms with van der Waals surface area (Å²) in [4.78, 5) is 12.9. The van der Waals surface area contributed by atoms with E-state index in [1.807, 2.05) is 31.2 Å². The normalized spacial score (nSPS) is 13.4. The molecule has 0 aliphatic carbocycles. The second kappa shape index (κ2) is 9.50. The summed E-state index contributed by atoms with van der Waals surface area (Å²) >= 11 is 6.06. The molecule has 0 bridgehead atoms. The van der Waals surface area contributed by atoms with Crippen LogP contribution < -0.4 is 14.4 Å². The predicted molar refractivity (Wildman–Crippen MR) is 117 cm³/mol. The maximum Gasteiger partial charge on any atom is 0.244 e. The van der Waals surface area contributed by atoms with E-state index in [9.17, 15) is 13.2 Å². The van der Waals surface area contributed by atoms with Gasteiger partial charge in [0.05, 0.1) is 25.1 Å². The molecular weight excluding hydrogens is 412 g/mol. The predicted octanol–water partition coefficient (Wildman–Crippen LogP) is 3.94. The Bertz CT molecular complexity index is 961. The van der Waals surface area contributed by atoms with Crippen LogP contribution in [0.1, 0.15) is 37.9 Å². The first-order valence-corrected chi connectivity index (χ1v) is 11.5. The van der Waals surface area contributed by atoms with E-state index in [4.69, 9.17) is 16.3 Å². The van der Waals surface area contributed by atoms with Crippen LogP contribution >= 0.6 is 11.6 Å². The van der Waals surface area contributed by atoms with E-state index in [1.165, 1.54) is 25.7 Å². The summed E-state index contributed by atoms with van der Waals surface area (Å²) in [7, 11) is -2.36. The summed E-state index contributed by atoms with van der Waals surface area (Å²) in [6.07, 6.45) is 1.98. The summed E-state index contributed by atoms with van der Waals surface area (Å²) in [6, 6.07) is 11.3. The van der Waals surface area contributed by atoms with Gasteiger partial charge in [-0.05, 0) is 49.6 Å². The van der Waals surface area contributed by atoms with Gasteiger partial charge in [-0.25, -0.2) is 8.42 Å². The van der Waals surface area contributed by atoms with Crippen LogP contribution in [0.2, 0.25) is 5.02 Å². The second-order valence-corrected chi connectivity index (χ2v) is 9.17. The van der Waals surface area contributed by atoms with Crippen LogP contribution in [-0.2, 0) is 21.2 Å². The number of ether oxygens (including phenoxy) is 1. The average molecular weight is 439 g/mol. The van der Waals surface area contributed by atoms with Crippen molar-refractivity contribution in [1.82, 2.24) is 5.32 Å². The van der Waals surface area contributed by atoms with Gasteiger partial charge in [0, 0.05) is 5.02 Å². The summed E-state index contributed by atoms with van der Waals surface area (Å²) in [5.41, 5.74) is 2.36. The highest BCUT2D eigenvalue weighted by molar-refractivity contribution is 7.92. The molecule has 1 N–H and O–H groups in total. The highest BCUT2D eigenvalue weighted by atomic mass is 35.5. The van der Waals surface area contributed by atoms with Gasteiger partial charge in [-0.2, -0.15) is 0 Å². The number of hydrogen-bond donors (Lipinski definition) is 1. The minimum absolute atomic E-state index is 0.213. The summed E-state index contributed by atoms with van der Waals surface area (Å²) < 4.78 is 31.4. The number of amides is 1. The molecule has 0 aliphatic rings. The molecule has 6 nitrogen and oxygen atoms in total. The third kappa shape index (κ3) is 5.64. The van der Waals surface area contributed by atoms with Crippen LogP contribution in [0.5, 0.6) is 5.75 Å². The minimum Gasteiger partial charge on any atom is -0.495 e. The fraction of sp³-hybridized carbons (Fsp3) is 0.381. The van der Waals surface area contributed by atoms with E-state index in [2.05, 4.69) is 12.2 Å². The molecule has 0 saturated carbocycles. The fourth-order valence-corrected chi connectivity index (χ4v) is 4.41. The van der Waals surface area contributed by atoms with E-state index in [0.717, 1.165) is 22.5 Å². The number of sulfonamides is 1. The topological polar surface area (TPSA) is 75.7 Å². The molecule has 0 radical (unpaired) electrons. The van der Waals surface area contributed by atoms with E-state index < -0.39 is 22.0 Å². The lowest BCUT2D eigenvalue weighted by atomic mass is 10.0. The van der Waals surface area contributed by atoms with Crippen molar-refractivity contribution in [2.24, 2.45) is 0 Å². The van der Waals surface area contributed by atoms with Crippen LogP contribution in [-0.4, -0.2) is 33.7 Å². The van der Waals surface area contributed by atoms with Crippen molar-refractivity contribution in [3.8, 4) is 5.75 Å². The van der Waals surface area contributed by atoms with Gasteiger partial charge in [0.25, 0.3) is 0 Å². The molecule has 2 aromatic carbocycles. The lowest BCUT2D eigenvalue weighted by Crippen LogP contribution is -2.48. The molecule has 2 atom stereocenters. The Labute approximate surface area is 177 Å². The smallest absolute Gasteiger partial charge is 0.244 e. The van der Waals surface area contributed by atoms with E-state index >= 15 is 0 Å². The second-order valence-electron chi connectivity index (χ2n) is 6.88. The Morgan fingerprint density at radius 3 is 2.31 bits per heavy atom. The number of nitrogens with zero attached hydrogens (tertiary/aromatic N) is 1. The Balaban J connectivity index is 2.30. The fourth-order valence-electron chi connectivity index (χ4n) is 3.08. The number of carbonyl (C=O) groups is 1. The highest BCUT2D eigenvalue weighted by Crippen LogP contribution is 2.34. The Kier molecular flexibility index (Phi) is 7.54. The van der Waals surface area contributed by atoms with Gasteiger partial charge < -0.3 is 10.1 Å². The molecule has 8 heteroatoms. The first-order valence-electron chi connectivity index (χ1n) is 9.30. The van der Waals surface area contributed by atoms with Crippen LogP contribution in [0.3, 0.4) is 0 Å². The van der Waals surface area contributed by atoms with Crippen molar-refractivity contribution in [2.75, 3.05) is 17.7 Å². The summed E-state index contributed by atoms with van der Waals surface area (Å²) in [6.45, 7) is 5.46. The van der Waals surface area contributed by atoms with Crippen LogP contribution in [0.25, 0.3) is 0 Å². The Morgan fingerprint density at radius 1 is 1.17 bits per heavy atom. The monoisotopic (exact) mass is 438 g/mol. The standard InChI is InChI=1S/C21H27ClN2O4S/c1-6-16-7-9-17(10-8-16)14(2)23-21(25)15(3)24(29(5,26)27)19-13-18(22)11-12-20(19)28-4/h7-15H,6H2,1-5H3,(H,23,25)/t14-,15-/m1/s1. The Hall–Kier alpha value is -2.25. The van der Waals surface area contributed by atoms with Gasteiger partial charge in [0.15, 0.2) is 0 Å². The van der Waals surface area contributed by atoms with E-state index in [0.29, 0.717) is 10.8 Å². The molecule has 0 fully saturated rings.